The van der Waals surface area contributed by atoms with E-state index in [2.05, 4.69) is 47.4 Å². The topological polar surface area (TPSA) is 42.2 Å². The normalized spacial score (nSPS) is 14.8. The van der Waals surface area contributed by atoms with E-state index in [9.17, 15) is 0 Å². The molecular weight excluding hydrogens is 266 g/mol. The first-order valence-electron chi connectivity index (χ1n) is 7.24. The maximum atomic E-state index is 6.13. The average Bonchev–Trinajstić information content (AvgIpc) is 3.19. The highest BCUT2D eigenvalue weighted by Crippen LogP contribution is 2.42. The first-order chi connectivity index (χ1) is 9.66. The van der Waals surface area contributed by atoms with Crippen molar-refractivity contribution in [2.45, 2.75) is 32.7 Å². The van der Waals surface area contributed by atoms with Crippen molar-refractivity contribution in [1.29, 1.82) is 0 Å². The van der Waals surface area contributed by atoms with E-state index in [1.54, 1.807) is 0 Å². The standard InChI is InChI=1S/C16H21N3S/c1-11(2)19(10-12-8-9-12)16-14(15(17)18-20-16)13-6-4-3-5-7-13/h3-7,11-12H,8-10H2,1-2H3,(H2,17,18). The van der Waals surface area contributed by atoms with Crippen LogP contribution in [0.5, 0.6) is 0 Å². The van der Waals surface area contributed by atoms with Crippen LogP contribution in [0.4, 0.5) is 10.8 Å². The van der Waals surface area contributed by atoms with Crippen LogP contribution >= 0.6 is 11.5 Å². The molecule has 3 nitrogen and oxygen atoms in total. The Morgan fingerprint density at radius 3 is 2.60 bits per heavy atom. The van der Waals surface area contributed by atoms with Gasteiger partial charge in [0.2, 0.25) is 0 Å². The number of aromatic nitrogens is 1. The molecule has 2 N–H and O–H groups in total. The van der Waals surface area contributed by atoms with Crippen molar-refractivity contribution in [2.75, 3.05) is 17.2 Å². The van der Waals surface area contributed by atoms with Crippen molar-refractivity contribution in [3.8, 4) is 11.1 Å². The van der Waals surface area contributed by atoms with E-state index in [-0.39, 0.29) is 0 Å². The van der Waals surface area contributed by atoms with E-state index in [0.29, 0.717) is 11.9 Å². The molecule has 0 aliphatic heterocycles. The minimum atomic E-state index is 0.470. The van der Waals surface area contributed by atoms with Crippen LogP contribution in [0.15, 0.2) is 30.3 Å². The second-order valence-corrected chi connectivity index (χ2v) is 6.56. The molecule has 0 bridgehead atoms. The summed E-state index contributed by atoms with van der Waals surface area (Å²) < 4.78 is 4.40. The molecule has 1 heterocycles. The Hall–Kier alpha value is -1.55. The van der Waals surface area contributed by atoms with Gasteiger partial charge in [0.15, 0.2) is 0 Å². The zero-order chi connectivity index (χ0) is 14.1. The second kappa shape index (κ2) is 5.44. The fourth-order valence-electron chi connectivity index (χ4n) is 2.47. The van der Waals surface area contributed by atoms with Gasteiger partial charge >= 0.3 is 0 Å². The van der Waals surface area contributed by atoms with E-state index >= 15 is 0 Å². The van der Waals surface area contributed by atoms with Gasteiger partial charge in [0.05, 0.1) is 5.56 Å². The zero-order valence-corrected chi connectivity index (χ0v) is 12.9. The first kappa shape index (κ1) is 13.4. The summed E-state index contributed by atoms with van der Waals surface area (Å²) in [4.78, 5) is 2.47. The summed E-state index contributed by atoms with van der Waals surface area (Å²) in [5.41, 5.74) is 8.39. The molecule has 4 heteroatoms. The Balaban J connectivity index is 2.00. The molecule has 0 unspecified atom stereocenters. The van der Waals surface area contributed by atoms with Crippen LogP contribution in [0.3, 0.4) is 0 Å². The molecule has 1 fully saturated rings. The summed E-state index contributed by atoms with van der Waals surface area (Å²) in [6, 6.07) is 10.8. The van der Waals surface area contributed by atoms with Gasteiger partial charge in [-0.2, -0.15) is 4.37 Å². The van der Waals surface area contributed by atoms with E-state index in [1.165, 1.54) is 29.4 Å². The third-order valence-corrected chi connectivity index (χ3v) is 4.70. The molecule has 0 atom stereocenters. The number of hydrogen-bond donors (Lipinski definition) is 1. The number of nitrogens with zero attached hydrogens (tertiary/aromatic N) is 2. The van der Waals surface area contributed by atoms with Crippen molar-refractivity contribution in [1.82, 2.24) is 4.37 Å². The molecule has 1 saturated carbocycles. The lowest BCUT2D eigenvalue weighted by atomic mass is 10.1. The number of nitrogens with two attached hydrogens (primary N) is 1. The Bertz CT molecular complexity index is 573. The highest BCUT2D eigenvalue weighted by molar-refractivity contribution is 7.11. The lowest BCUT2D eigenvalue weighted by molar-refractivity contribution is 0.650. The van der Waals surface area contributed by atoms with Crippen molar-refractivity contribution in [2.24, 2.45) is 5.92 Å². The highest BCUT2D eigenvalue weighted by atomic mass is 32.1. The lowest BCUT2D eigenvalue weighted by Crippen LogP contribution is -2.32. The fraction of sp³-hybridized carbons (Fsp3) is 0.438. The summed E-state index contributed by atoms with van der Waals surface area (Å²) >= 11 is 1.53. The first-order valence-corrected chi connectivity index (χ1v) is 8.01. The number of hydrogen-bond acceptors (Lipinski definition) is 4. The van der Waals surface area contributed by atoms with Crippen LogP contribution in [0.2, 0.25) is 0 Å². The molecule has 1 aromatic carbocycles. The van der Waals surface area contributed by atoms with Gasteiger partial charge in [0.25, 0.3) is 0 Å². The van der Waals surface area contributed by atoms with Gasteiger partial charge < -0.3 is 10.6 Å². The monoisotopic (exact) mass is 287 g/mol. The molecule has 1 aromatic heterocycles. The predicted octanol–water partition coefficient (Wildman–Crippen LogP) is 4.02. The minimum Gasteiger partial charge on any atom is -0.382 e. The van der Waals surface area contributed by atoms with Crippen LogP contribution in [-0.2, 0) is 0 Å². The molecule has 1 aliphatic carbocycles. The highest BCUT2D eigenvalue weighted by Gasteiger charge is 2.28. The van der Waals surface area contributed by atoms with Crippen molar-refractivity contribution < 1.29 is 0 Å². The molecule has 0 radical (unpaired) electrons. The molecule has 0 spiro atoms. The molecule has 3 rings (SSSR count). The third kappa shape index (κ3) is 2.66. The number of benzene rings is 1. The van der Waals surface area contributed by atoms with Crippen molar-refractivity contribution in [3.05, 3.63) is 30.3 Å². The van der Waals surface area contributed by atoms with E-state index in [1.807, 2.05) is 6.07 Å². The van der Waals surface area contributed by atoms with Crippen molar-refractivity contribution in [3.63, 3.8) is 0 Å². The predicted molar refractivity (Wildman–Crippen MR) is 87.2 cm³/mol. The molecule has 20 heavy (non-hydrogen) atoms. The van der Waals surface area contributed by atoms with Crippen LogP contribution < -0.4 is 10.6 Å². The smallest absolute Gasteiger partial charge is 0.147 e. The van der Waals surface area contributed by atoms with Crippen molar-refractivity contribution >= 4 is 22.4 Å². The van der Waals surface area contributed by atoms with E-state index in [0.717, 1.165) is 23.6 Å². The van der Waals surface area contributed by atoms with Gasteiger partial charge in [0, 0.05) is 12.6 Å². The quantitative estimate of drug-likeness (QED) is 0.903. The van der Waals surface area contributed by atoms with Crippen LogP contribution in [0.25, 0.3) is 11.1 Å². The molecule has 106 valence electrons. The minimum absolute atomic E-state index is 0.470. The molecule has 2 aromatic rings. The number of rotatable bonds is 5. The van der Waals surface area contributed by atoms with Gasteiger partial charge in [-0.15, -0.1) is 0 Å². The number of anilines is 2. The SMILES string of the molecule is CC(C)N(CC1CC1)c1snc(N)c1-c1ccccc1. The molecular formula is C16H21N3S. The van der Waals surface area contributed by atoms with Gasteiger partial charge in [-0.05, 0) is 49.7 Å². The van der Waals surface area contributed by atoms with Crippen LogP contribution in [0.1, 0.15) is 26.7 Å². The second-order valence-electron chi connectivity index (χ2n) is 5.80. The Kier molecular flexibility index (Phi) is 3.66. The van der Waals surface area contributed by atoms with Gasteiger partial charge in [-0.25, -0.2) is 0 Å². The summed E-state index contributed by atoms with van der Waals surface area (Å²) in [5, 5.41) is 1.22. The largest absolute Gasteiger partial charge is 0.382 e. The Labute approximate surface area is 124 Å². The number of nitrogen functional groups attached to an aromatic ring is 1. The molecule has 0 amide bonds. The molecule has 1 aliphatic rings. The van der Waals surface area contributed by atoms with Gasteiger partial charge in [0.1, 0.15) is 10.8 Å². The summed E-state index contributed by atoms with van der Waals surface area (Å²) in [5.74, 6) is 1.50. The zero-order valence-electron chi connectivity index (χ0n) is 12.0. The Morgan fingerprint density at radius 1 is 1.30 bits per heavy atom. The van der Waals surface area contributed by atoms with Crippen LogP contribution in [-0.4, -0.2) is 17.0 Å². The molecule has 0 saturated heterocycles. The fourth-order valence-corrected chi connectivity index (χ4v) is 3.45. The maximum absolute atomic E-state index is 6.13. The lowest BCUT2D eigenvalue weighted by Gasteiger charge is -2.28. The Morgan fingerprint density at radius 2 is 2.00 bits per heavy atom. The van der Waals surface area contributed by atoms with Gasteiger partial charge in [-0.3, -0.25) is 0 Å². The van der Waals surface area contributed by atoms with Crippen LogP contribution in [0, 0.1) is 5.92 Å². The van der Waals surface area contributed by atoms with E-state index in [4.69, 9.17) is 5.73 Å². The summed E-state index contributed by atoms with van der Waals surface area (Å²) in [7, 11) is 0. The van der Waals surface area contributed by atoms with Gasteiger partial charge in [-0.1, -0.05) is 30.3 Å². The third-order valence-electron chi connectivity index (χ3n) is 3.80. The maximum Gasteiger partial charge on any atom is 0.147 e. The summed E-state index contributed by atoms with van der Waals surface area (Å²) in [6.45, 7) is 5.61. The van der Waals surface area contributed by atoms with E-state index < -0.39 is 0 Å². The average molecular weight is 287 g/mol. The summed E-state index contributed by atoms with van der Waals surface area (Å²) in [6.07, 6.45) is 2.72.